The summed E-state index contributed by atoms with van der Waals surface area (Å²) in [7, 11) is 3.81. The van der Waals surface area contributed by atoms with Crippen LogP contribution in [0.25, 0.3) is 0 Å². The minimum absolute atomic E-state index is 0.275. The highest BCUT2D eigenvalue weighted by Crippen LogP contribution is 2.30. The van der Waals surface area contributed by atoms with Gasteiger partial charge in [0.15, 0.2) is 0 Å². The molecule has 1 aliphatic heterocycles. The molecular weight excluding hydrogens is 344 g/mol. The molecule has 2 aromatic rings. The SMILES string of the molecule is COc1ccc(Br)cc1CN1CCOC[C@@H]1c1cccn1C. The van der Waals surface area contributed by atoms with Gasteiger partial charge in [-0.25, -0.2) is 0 Å². The molecule has 0 amide bonds. The number of hydrogen-bond donors (Lipinski definition) is 0. The second-order valence-electron chi connectivity index (χ2n) is 5.56. The number of halogens is 1. The minimum Gasteiger partial charge on any atom is -0.496 e. The van der Waals surface area contributed by atoms with Crippen LogP contribution >= 0.6 is 15.9 Å². The summed E-state index contributed by atoms with van der Waals surface area (Å²) >= 11 is 3.55. The normalized spacial score (nSPS) is 19.3. The Hall–Kier alpha value is -1.30. The standard InChI is InChI=1S/C17H21BrN2O2/c1-19-7-3-4-15(19)16-12-22-9-8-20(16)11-13-10-14(18)5-6-17(13)21-2/h3-7,10,16H,8-9,11-12H2,1-2H3/t16-/m1/s1. The Bertz CT molecular complexity index is 641. The van der Waals surface area contributed by atoms with E-state index >= 15 is 0 Å². The van der Waals surface area contributed by atoms with E-state index in [1.807, 2.05) is 12.1 Å². The summed E-state index contributed by atoms with van der Waals surface area (Å²) in [4.78, 5) is 2.46. The van der Waals surface area contributed by atoms with Crippen LogP contribution in [0.1, 0.15) is 17.3 Å². The number of aromatic nitrogens is 1. The summed E-state index contributed by atoms with van der Waals surface area (Å²) in [6.07, 6.45) is 2.09. The van der Waals surface area contributed by atoms with E-state index in [0.717, 1.165) is 36.5 Å². The van der Waals surface area contributed by atoms with Gasteiger partial charge in [0.2, 0.25) is 0 Å². The lowest BCUT2D eigenvalue weighted by molar-refractivity contribution is -0.0154. The van der Waals surface area contributed by atoms with E-state index < -0.39 is 0 Å². The van der Waals surface area contributed by atoms with Crippen LogP contribution in [-0.4, -0.2) is 36.3 Å². The third-order valence-corrected chi connectivity index (χ3v) is 4.67. The first-order chi connectivity index (χ1) is 10.7. The van der Waals surface area contributed by atoms with Crippen LogP contribution in [0.4, 0.5) is 0 Å². The maximum absolute atomic E-state index is 5.71. The number of nitrogens with zero attached hydrogens (tertiary/aromatic N) is 2. The Balaban J connectivity index is 1.86. The largest absolute Gasteiger partial charge is 0.496 e. The predicted octanol–water partition coefficient (Wildman–Crippen LogP) is 3.37. The van der Waals surface area contributed by atoms with Crippen LogP contribution in [0.5, 0.6) is 5.75 Å². The van der Waals surface area contributed by atoms with Crippen molar-refractivity contribution in [3.05, 3.63) is 52.3 Å². The summed E-state index contributed by atoms with van der Waals surface area (Å²) in [5, 5.41) is 0. The van der Waals surface area contributed by atoms with E-state index in [1.54, 1.807) is 7.11 Å². The third kappa shape index (κ3) is 3.21. The molecule has 5 heteroatoms. The Morgan fingerprint density at radius 3 is 2.95 bits per heavy atom. The van der Waals surface area contributed by atoms with Gasteiger partial charge in [-0.05, 0) is 30.3 Å². The van der Waals surface area contributed by atoms with E-state index in [4.69, 9.17) is 9.47 Å². The first-order valence-electron chi connectivity index (χ1n) is 7.44. The van der Waals surface area contributed by atoms with Gasteiger partial charge in [-0.1, -0.05) is 15.9 Å². The summed E-state index contributed by atoms with van der Waals surface area (Å²) in [6, 6.07) is 10.7. The molecule has 0 aliphatic carbocycles. The van der Waals surface area contributed by atoms with E-state index in [1.165, 1.54) is 11.3 Å². The first-order valence-corrected chi connectivity index (χ1v) is 8.24. The quantitative estimate of drug-likeness (QED) is 0.831. The fourth-order valence-corrected chi connectivity index (χ4v) is 3.42. The Morgan fingerprint density at radius 2 is 2.23 bits per heavy atom. The van der Waals surface area contributed by atoms with Crippen molar-refractivity contribution in [3.8, 4) is 5.75 Å². The zero-order valence-corrected chi connectivity index (χ0v) is 14.5. The number of morpholine rings is 1. The van der Waals surface area contributed by atoms with Gasteiger partial charge < -0.3 is 14.0 Å². The Kier molecular flexibility index (Phi) is 4.86. The molecule has 0 unspecified atom stereocenters. The van der Waals surface area contributed by atoms with Crippen molar-refractivity contribution in [1.29, 1.82) is 0 Å². The van der Waals surface area contributed by atoms with Crippen LogP contribution in [0, 0.1) is 0 Å². The highest BCUT2D eigenvalue weighted by molar-refractivity contribution is 9.10. The van der Waals surface area contributed by atoms with Gasteiger partial charge in [0.05, 0.1) is 26.4 Å². The van der Waals surface area contributed by atoms with Crippen molar-refractivity contribution >= 4 is 15.9 Å². The fraction of sp³-hybridized carbons (Fsp3) is 0.412. The maximum atomic E-state index is 5.71. The predicted molar refractivity (Wildman–Crippen MR) is 90.1 cm³/mol. The van der Waals surface area contributed by atoms with E-state index in [0.29, 0.717) is 0 Å². The molecule has 1 aliphatic rings. The average Bonchev–Trinajstić information content (AvgIpc) is 2.94. The van der Waals surface area contributed by atoms with Gasteiger partial charge in [0, 0.05) is 42.1 Å². The number of aryl methyl sites for hydroxylation is 1. The molecule has 0 bridgehead atoms. The smallest absolute Gasteiger partial charge is 0.123 e. The maximum Gasteiger partial charge on any atom is 0.123 e. The molecule has 22 heavy (non-hydrogen) atoms. The summed E-state index contributed by atoms with van der Waals surface area (Å²) in [5.74, 6) is 0.931. The zero-order valence-electron chi connectivity index (χ0n) is 13.0. The topological polar surface area (TPSA) is 26.6 Å². The molecule has 0 N–H and O–H groups in total. The van der Waals surface area contributed by atoms with Crippen LogP contribution in [-0.2, 0) is 18.3 Å². The van der Waals surface area contributed by atoms with Gasteiger partial charge in [0.1, 0.15) is 5.75 Å². The number of hydrogen-bond acceptors (Lipinski definition) is 3. The lowest BCUT2D eigenvalue weighted by atomic mass is 10.1. The molecule has 0 spiro atoms. The van der Waals surface area contributed by atoms with Gasteiger partial charge in [-0.2, -0.15) is 0 Å². The van der Waals surface area contributed by atoms with Crippen molar-refractivity contribution in [3.63, 3.8) is 0 Å². The zero-order chi connectivity index (χ0) is 15.5. The van der Waals surface area contributed by atoms with Crippen molar-refractivity contribution in [2.45, 2.75) is 12.6 Å². The van der Waals surface area contributed by atoms with Crippen molar-refractivity contribution in [1.82, 2.24) is 9.47 Å². The lowest BCUT2D eigenvalue weighted by Gasteiger charge is -2.36. The van der Waals surface area contributed by atoms with E-state index in [2.05, 4.69) is 56.8 Å². The average molecular weight is 365 g/mol. The number of ether oxygens (including phenoxy) is 2. The summed E-state index contributed by atoms with van der Waals surface area (Å²) in [5.41, 5.74) is 2.48. The highest BCUT2D eigenvalue weighted by atomic mass is 79.9. The lowest BCUT2D eigenvalue weighted by Crippen LogP contribution is -2.39. The van der Waals surface area contributed by atoms with Crippen LogP contribution < -0.4 is 4.74 Å². The summed E-state index contributed by atoms with van der Waals surface area (Å²) in [6.45, 7) is 3.28. The Labute approximate surface area is 139 Å². The molecule has 3 rings (SSSR count). The molecule has 1 atom stereocenters. The molecule has 1 aromatic heterocycles. The van der Waals surface area contributed by atoms with Crippen molar-refractivity contribution in [2.75, 3.05) is 26.9 Å². The number of rotatable bonds is 4. The monoisotopic (exact) mass is 364 g/mol. The first kappa shape index (κ1) is 15.6. The second kappa shape index (κ2) is 6.86. The molecule has 1 aromatic carbocycles. The van der Waals surface area contributed by atoms with Gasteiger partial charge in [-0.15, -0.1) is 0 Å². The molecule has 1 fully saturated rings. The highest BCUT2D eigenvalue weighted by Gasteiger charge is 2.27. The molecule has 0 saturated carbocycles. The molecule has 118 valence electrons. The molecule has 4 nitrogen and oxygen atoms in total. The fourth-order valence-electron chi connectivity index (χ4n) is 3.01. The van der Waals surface area contributed by atoms with Gasteiger partial charge >= 0.3 is 0 Å². The van der Waals surface area contributed by atoms with Gasteiger partial charge in [0.25, 0.3) is 0 Å². The number of methoxy groups -OCH3 is 1. The van der Waals surface area contributed by atoms with E-state index in [9.17, 15) is 0 Å². The van der Waals surface area contributed by atoms with Crippen LogP contribution in [0.15, 0.2) is 41.0 Å². The molecule has 2 heterocycles. The minimum atomic E-state index is 0.275. The van der Waals surface area contributed by atoms with Crippen molar-refractivity contribution < 1.29 is 9.47 Å². The van der Waals surface area contributed by atoms with Crippen LogP contribution in [0.3, 0.4) is 0 Å². The van der Waals surface area contributed by atoms with Gasteiger partial charge in [-0.3, -0.25) is 4.90 Å². The number of benzene rings is 1. The van der Waals surface area contributed by atoms with E-state index in [-0.39, 0.29) is 6.04 Å². The summed E-state index contributed by atoms with van der Waals surface area (Å²) < 4.78 is 14.5. The molecule has 0 radical (unpaired) electrons. The Morgan fingerprint density at radius 1 is 1.36 bits per heavy atom. The van der Waals surface area contributed by atoms with Crippen molar-refractivity contribution in [2.24, 2.45) is 7.05 Å². The molecule has 1 saturated heterocycles. The second-order valence-corrected chi connectivity index (χ2v) is 6.48. The molecular formula is C17H21BrN2O2. The third-order valence-electron chi connectivity index (χ3n) is 4.18. The van der Waals surface area contributed by atoms with Crippen LogP contribution in [0.2, 0.25) is 0 Å².